The summed E-state index contributed by atoms with van der Waals surface area (Å²) in [7, 11) is 0. The van der Waals surface area contributed by atoms with E-state index in [1.54, 1.807) is 24.3 Å². The Balaban J connectivity index is 2.06. The van der Waals surface area contributed by atoms with Crippen LogP contribution in [0.25, 0.3) is 5.69 Å². The molecule has 0 atom stereocenters. The van der Waals surface area contributed by atoms with Gasteiger partial charge in [0.2, 0.25) is 5.88 Å². The van der Waals surface area contributed by atoms with Gasteiger partial charge >= 0.3 is 11.9 Å². The van der Waals surface area contributed by atoms with Crippen LogP contribution < -0.4 is 11.2 Å². The lowest BCUT2D eigenvalue weighted by atomic mass is 10.1. The third-order valence-electron chi connectivity index (χ3n) is 4.55. The van der Waals surface area contributed by atoms with Crippen molar-refractivity contribution in [2.75, 3.05) is 0 Å². The van der Waals surface area contributed by atoms with Crippen molar-refractivity contribution >= 4 is 5.71 Å². The molecule has 0 aliphatic rings. The second-order valence-electron chi connectivity index (χ2n) is 6.69. The summed E-state index contributed by atoms with van der Waals surface area (Å²) in [5.74, 6) is -0.641. The van der Waals surface area contributed by atoms with E-state index in [9.17, 15) is 27.9 Å². The molecule has 0 saturated heterocycles. The SMILES string of the molecule is CC(=NCc1ccccc1C(F)(F)F)c1c(O)n(-c2ccc(C)cc2)c(=O)[nH]c1=O. The lowest BCUT2D eigenvalue weighted by Crippen LogP contribution is -2.32. The van der Waals surface area contributed by atoms with Crippen LogP contribution >= 0.6 is 0 Å². The highest BCUT2D eigenvalue weighted by Crippen LogP contribution is 2.32. The van der Waals surface area contributed by atoms with Crippen LogP contribution in [0.1, 0.15) is 29.2 Å². The summed E-state index contributed by atoms with van der Waals surface area (Å²) < 4.78 is 40.4. The molecule has 3 aromatic rings. The minimum Gasteiger partial charge on any atom is -0.493 e. The van der Waals surface area contributed by atoms with E-state index in [1.807, 2.05) is 6.92 Å². The van der Waals surface area contributed by atoms with Crippen molar-refractivity contribution in [1.29, 1.82) is 0 Å². The van der Waals surface area contributed by atoms with Gasteiger partial charge in [0.1, 0.15) is 5.56 Å². The van der Waals surface area contributed by atoms with Crippen molar-refractivity contribution in [3.05, 3.63) is 91.6 Å². The molecule has 0 saturated carbocycles. The summed E-state index contributed by atoms with van der Waals surface area (Å²) in [5.41, 5.74) is -1.69. The molecule has 0 radical (unpaired) electrons. The molecule has 1 heterocycles. The highest BCUT2D eigenvalue weighted by atomic mass is 19.4. The second-order valence-corrected chi connectivity index (χ2v) is 6.69. The predicted molar refractivity (Wildman–Crippen MR) is 106 cm³/mol. The summed E-state index contributed by atoms with van der Waals surface area (Å²) in [4.78, 5) is 30.7. The van der Waals surface area contributed by atoms with E-state index in [4.69, 9.17) is 0 Å². The van der Waals surface area contributed by atoms with E-state index in [-0.39, 0.29) is 23.4 Å². The van der Waals surface area contributed by atoms with Gasteiger partial charge in [-0.05, 0) is 37.6 Å². The van der Waals surface area contributed by atoms with Crippen LogP contribution in [0.5, 0.6) is 5.88 Å². The van der Waals surface area contributed by atoms with Crippen molar-refractivity contribution in [3.8, 4) is 11.6 Å². The molecule has 2 aromatic carbocycles. The first-order chi connectivity index (χ1) is 14.1. The lowest BCUT2D eigenvalue weighted by molar-refractivity contribution is -0.138. The van der Waals surface area contributed by atoms with Crippen molar-refractivity contribution in [3.63, 3.8) is 0 Å². The van der Waals surface area contributed by atoms with E-state index in [1.165, 1.54) is 25.1 Å². The molecule has 0 unspecified atom stereocenters. The number of hydrogen-bond acceptors (Lipinski definition) is 4. The van der Waals surface area contributed by atoms with Gasteiger partial charge in [0.05, 0.1) is 23.5 Å². The number of aromatic hydroxyl groups is 1. The van der Waals surface area contributed by atoms with Gasteiger partial charge in [0, 0.05) is 0 Å². The Labute approximate surface area is 169 Å². The van der Waals surface area contributed by atoms with Crippen molar-refractivity contribution in [1.82, 2.24) is 9.55 Å². The number of alkyl halides is 3. The van der Waals surface area contributed by atoms with Gasteiger partial charge in [0.15, 0.2) is 0 Å². The molecule has 0 bridgehead atoms. The quantitative estimate of drug-likeness (QED) is 0.637. The van der Waals surface area contributed by atoms with Crippen LogP contribution in [0.2, 0.25) is 0 Å². The molecule has 0 aliphatic heterocycles. The van der Waals surface area contributed by atoms with Crippen LogP contribution in [0, 0.1) is 6.92 Å². The molecule has 30 heavy (non-hydrogen) atoms. The fourth-order valence-electron chi connectivity index (χ4n) is 3.00. The van der Waals surface area contributed by atoms with E-state index in [2.05, 4.69) is 9.98 Å². The molecule has 0 fully saturated rings. The smallest absolute Gasteiger partial charge is 0.416 e. The van der Waals surface area contributed by atoms with Gasteiger partial charge in [0.25, 0.3) is 5.56 Å². The largest absolute Gasteiger partial charge is 0.493 e. The van der Waals surface area contributed by atoms with E-state index in [0.717, 1.165) is 16.2 Å². The van der Waals surface area contributed by atoms with Gasteiger partial charge in [-0.15, -0.1) is 0 Å². The summed E-state index contributed by atoms with van der Waals surface area (Å²) in [6, 6.07) is 11.6. The zero-order valence-corrected chi connectivity index (χ0v) is 16.1. The minimum atomic E-state index is -4.54. The molecule has 0 aliphatic carbocycles. The average molecular weight is 417 g/mol. The maximum atomic E-state index is 13.2. The van der Waals surface area contributed by atoms with Gasteiger partial charge in [-0.3, -0.25) is 14.8 Å². The molecule has 156 valence electrons. The summed E-state index contributed by atoms with van der Waals surface area (Å²) in [5, 5.41) is 10.6. The Hall–Kier alpha value is -3.62. The van der Waals surface area contributed by atoms with Gasteiger partial charge in [-0.25, -0.2) is 9.36 Å². The molecule has 9 heteroatoms. The molecule has 0 amide bonds. The maximum absolute atomic E-state index is 13.2. The Morgan fingerprint density at radius 2 is 1.73 bits per heavy atom. The fraction of sp³-hybridized carbons (Fsp3) is 0.190. The topological polar surface area (TPSA) is 87.4 Å². The number of aliphatic imine (C=N–C) groups is 1. The lowest BCUT2D eigenvalue weighted by Gasteiger charge is -2.13. The zero-order valence-electron chi connectivity index (χ0n) is 16.1. The molecule has 2 N–H and O–H groups in total. The van der Waals surface area contributed by atoms with Crippen LogP contribution in [0.3, 0.4) is 0 Å². The number of hydrogen-bond donors (Lipinski definition) is 2. The molecule has 3 rings (SSSR count). The van der Waals surface area contributed by atoms with Crippen molar-refractivity contribution in [2.24, 2.45) is 4.99 Å². The molecule has 1 aromatic heterocycles. The number of benzene rings is 2. The number of aromatic amines is 1. The molecular weight excluding hydrogens is 399 g/mol. The first-order valence-electron chi connectivity index (χ1n) is 8.91. The van der Waals surface area contributed by atoms with Crippen LogP contribution in [0.4, 0.5) is 13.2 Å². The van der Waals surface area contributed by atoms with E-state index >= 15 is 0 Å². The molecule has 0 spiro atoms. The fourth-order valence-corrected chi connectivity index (χ4v) is 3.00. The molecular formula is C21H18F3N3O3. The maximum Gasteiger partial charge on any atom is 0.416 e. The van der Waals surface area contributed by atoms with Gasteiger partial charge in [-0.2, -0.15) is 13.2 Å². The van der Waals surface area contributed by atoms with Crippen molar-refractivity contribution < 1.29 is 18.3 Å². The summed E-state index contributed by atoms with van der Waals surface area (Å²) in [6.07, 6.45) is -4.54. The van der Waals surface area contributed by atoms with Gasteiger partial charge < -0.3 is 5.11 Å². The number of rotatable bonds is 4. The molecule has 6 nitrogen and oxygen atoms in total. The van der Waals surface area contributed by atoms with Gasteiger partial charge in [-0.1, -0.05) is 35.9 Å². The van der Waals surface area contributed by atoms with E-state index in [0.29, 0.717) is 5.69 Å². The zero-order chi connectivity index (χ0) is 22.1. The standard InChI is InChI=1S/C21H18F3N3O3/c1-12-7-9-15(10-8-12)27-19(29)17(18(28)26-20(27)30)13(2)25-11-14-5-3-4-6-16(14)21(22,23)24/h3-10,29H,11H2,1-2H3,(H,26,28,30). The minimum absolute atomic E-state index is 0.00779. The highest BCUT2D eigenvalue weighted by molar-refractivity contribution is 6.00. The number of aromatic nitrogens is 2. The highest BCUT2D eigenvalue weighted by Gasteiger charge is 2.32. The van der Waals surface area contributed by atoms with E-state index < -0.39 is 28.9 Å². The number of aryl methyl sites for hydroxylation is 1. The van der Waals surface area contributed by atoms with Crippen LogP contribution in [-0.2, 0) is 12.7 Å². The number of halogens is 3. The number of nitrogens with one attached hydrogen (secondary N) is 1. The summed E-state index contributed by atoms with van der Waals surface area (Å²) >= 11 is 0. The Morgan fingerprint density at radius 3 is 2.37 bits per heavy atom. The Bertz CT molecular complexity index is 1220. The third-order valence-corrected chi connectivity index (χ3v) is 4.55. The number of H-pyrrole nitrogens is 1. The third kappa shape index (κ3) is 4.19. The monoisotopic (exact) mass is 417 g/mol. The Morgan fingerprint density at radius 1 is 1.10 bits per heavy atom. The normalized spacial score (nSPS) is 12.2. The summed E-state index contributed by atoms with van der Waals surface area (Å²) in [6.45, 7) is 2.87. The number of nitrogens with zero attached hydrogens (tertiary/aromatic N) is 2. The first-order valence-corrected chi connectivity index (χ1v) is 8.91. The Kier molecular flexibility index (Phi) is 5.64. The van der Waals surface area contributed by atoms with Crippen LogP contribution in [-0.4, -0.2) is 20.4 Å². The van der Waals surface area contributed by atoms with Crippen LogP contribution in [0.15, 0.2) is 63.1 Å². The van der Waals surface area contributed by atoms with Crippen molar-refractivity contribution in [2.45, 2.75) is 26.6 Å². The second kappa shape index (κ2) is 8.02. The average Bonchev–Trinajstić information content (AvgIpc) is 2.67. The first kappa shape index (κ1) is 21.1. The predicted octanol–water partition coefficient (Wildman–Crippen LogP) is 3.57.